The molecule has 0 spiro atoms. The predicted molar refractivity (Wildman–Crippen MR) is 39.2 cm³/mol. The highest BCUT2D eigenvalue weighted by atomic mass is 32.2. The van der Waals surface area contributed by atoms with Crippen molar-refractivity contribution in [1.29, 1.82) is 0 Å². The van der Waals surface area contributed by atoms with Gasteiger partial charge in [0.25, 0.3) is 10.1 Å². The maximum Gasteiger partial charge on any atom is 0.272 e. The fourth-order valence-electron chi connectivity index (χ4n) is 0.446. The number of hydrogen-bond acceptors (Lipinski definition) is 4. The van der Waals surface area contributed by atoms with Crippen molar-refractivity contribution >= 4 is 16.4 Å². The Bertz CT molecular complexity index is 243. The smallest absolute Gasteiger partial charge is 0.272 e. The molecule has 0 aliphatic rings. The average molecular weight is 178 g/mol. The molecule has 0 heterocycles. The number of rotatable bonds is 4. The summed E-state index contributed by atoms with van der Waals surface area (Å²) in [4.78, 5) is 9.62. The maximum atomic E-state index is 10.4. The van der Waals surface area contributed by atoms with Crippen LogP contribution in [0.5, 0.6) is 0 Å². The van der Waals surface area contributed by atoms with Crippen molar-refractivity contribution in [3.63, 3.8) is 0 Å². The molecule has 0 saturated heterocycles. The molecule has 0 rings (SSSR count). The van der Waals surface area contributed by atoms with E-state index in [4.69, 9.17) is 10.3 Å². The van der Waals surface area contributed by atoms with Crippen LogP contribution in [-0.2, 0) is 14.9 Å². The summed E-state index contributed by atoms with van der Waals surface area (Å²) >= 11 is 0. The third-order valence-electron chi connectivity index (χ3n) is 0.994. The Morgan fingerprint density at radius 1 is 1.64 bits per heavy atom. The Hall–Kier alpha value is -0.720. The largest absolute Gasteiger partial charge is 0.329 e. The van der Waals surface area contributed by atoms with E-state index in [2.05, 4.69) is 0 Å². The molecule has 1 unspecified atom stereocenters. The van der Waals surface area contributed by atoms with E-state index in [1.54, 1.807) is 0 Å². The average Bonchev–Trinajstić information content (AvgIpc) is 1.87. The first-order valence-corrected chi connectivity index (χ1v) is 4.23. The van der Waals surface area contributed by atoms with Crippen LogP contribution in [0.25, 0.3) is 0 Å². The summed E-state index contributed by atoms with van der Waals surface area (Å²) in [5.74, 6) is 0. The summed E-state index contributed by atoms with van der Waals surface area (Å²) < 4.78 is 29.1. The SMILES string of the molecule is NCC(C=C[C]=O)S(=O)(=O)O. The Morgan fingerprint density at radius 3 is 2.45 bits per heavy atom. The molecule has 0 saturated carbocycles. The number of hydrogen-bond donors (Lipinski definition) is 2. The summed E-state index contributed by atoms with van der Waals surface area (Å²) in [5.41, 5.74) is 4.98. The van der Waals surface area contributed by atoms with Gasteiger partial charge in [0.05, 0.1) is 0 Å². The number of nitrogens with two attached hydrogens (primary N) is 1. The Labute approximate surface area is 64.6 Å². The van der Waals surface area contributed by atoms with Crippen LogP contribution in [0.15, 0.2) is 12.2 Å². The second kappa shape index (κ2) is 4.22. The van der Waals surface area contributed by atoms with Gasteiger partial charge in [-0.25, -0.2) is 0 Å². The summed E-state index contributed by atoms with van der Waals surface area (Å²) in [6.07, 6.45) is 3.17. The van der Waals surface area contributed by atoms with E-state index in [-0.39, 0.29) is 6.54 Å². The van der Waals surface area contributed by atoms with Crippen LogP contribution in [0.1, 0.15) is 0 Å². The van der Waals surface area contributed by atoms with E-state index in [0.29, 0.717) is 0 Å². The van der Waals surface area contributed by atoms with Gasteiger partial charge in [-0.3, -0.25) is 9.35 Å². The van der Waals surface area contributed by atoms with Gasteiger partial charge in [-0.15, -0.1) is 0 Å². The fraction of sp³-hybridized carbons (Fsp3) is 0.400. The highest BCUT2D eigenvalue weighted by molar-refractivity contribution is 7.86. The van der Waals surface area contributed by atoms with Gasteiger partial charge in [0, 0.05) is 6.54 Å². The first kappa shape index (κ1) is 10.3. The van der Waals surface area contributed by atoms with Crippen LogP contribution in [-0.4, -0.2) is 31.1 Å². The molecule has 0 aromatic heterocycles. The lowest BCUT2D eigenvalue weighted by molar-refractivity contribution is 0.475. The van der Waals surface area contributed by atoms with Crippen molar-refractivity contribution in [1.82, 2.24) is 0 Å². The first-order chi connectivity index (χ1) is 5.02. The molecule has 11 heavy (non-hydrogen) atoms. The lowest BCUT2D eigenvalue weighted by atomic mass is 10.4. The summed E-state index contributed by atoms with van der Waals surface area (Å²) in [5, 5.41) is -1.22. The summed E-state index contributed by atoms with van der Waals surface area (Å²) in [6, 6.07) is 0. The van der Waals surface area contributed by atoms with Crippen LogP contribution >= 0.6 is 0 Å². The van der Waals surface area contributed by atoms with Crippen molar-refractivity contribution in [2.45, 2.75) is 5.25 Å². The minimum Gasteiger partial charge on any atom is -0.329 e. The van der Waals surface area contributed by atoms with Gasteiger partial charge in [0.2, 0.25) is 6.29 Å². The van der Waals surface area contributed by atoms with Crippen molar-refractivity contribution < 1.29 is 17.8 Å². The molecule has 6 heteroatoms. The topological polar surface area (TPSA) is 97.5 Å². The molecule has 0 amide bonds. The second-order valence-corrected chi connectivity index (χ2v) is 3.40. The molecular formula is C5H8NO4S. The van der Waals surface area contributed by atoms with Crippen molar-refractivity contribution in [2.24, 2.45) is 5.73 Å². The third-order valence-corrected chi connectivity index (χ3v) is 2.11. The highest BCUT2D eigenvalue weighted by Gasteiger charge is 2.17. The third kappa shape index (κ3) is 3.87. The van der Waals surface area contributed by atoms with E-state index in [1.807, 2.05) is 0 Å². The summed E-state index contributed by atoms with van der Waals surface area (Å²) in [7, 11) is -4.18. The van der Waals surface area contributed by atoms with E-state index in [1.165, 1.54) is 6.29 Å². The normalized spacial score (nSPS) is 15.1. The standard InChI is InChI=1S/C5H8NO4S/c6-4-5(2-1-3-7)11(8,9)10/h1-2,5H,4,6H2,(H,8,9,10). The molecule has 1 atom stereocenters. The van der Waals surface area contributed by atoms with E-state index in [9.17, 15) is 13.2 Å². The molecule has 0 aromatic carbocycles. The molecule has 0 aromatic rings. The Morgan fingerprint density at radius 2 is 2.18 bits per heavy atom. The summed E-state index contributed by atoms with van der Waals surface area (Å²) in [6.45, 7) is -0.267. The maximum absolute atomic E-state index is 10.4. The quantitative estimate of drug-likeness (QED) is 0.419. The molecule has 5 nitrogen and oxygen atoms in total. The van der Waals surface area contributed by atoms with Gasteiger partial charge in [-0.05, 0) is 6.08 Å². The molecule has 63 valence electrons. The van der Waals surface area contributed by atoms with Crippen LogP contribution in [0, 0.1) is 0 Å². The molecule has 0 bridgehead atoms. The monoisotopic (exact) mass is 178 g/mol. The molecule has 0 aliphatic heterocycles. The van der Waals surface area contributed by atoms with Crippen LogP contribution in [0.4, 0.5) is 0 Å². The lowest BCUT2D eigenvalue weighted by Crippen LogP contribution is -2.27. The minimum absolute atomic E-state index is 0.267. The van der Waals surface area contributed by atoms with Gasteiger partial charge in [0.15, 0.2) is 0 Å². The van der Waals surface area contributed by atoms with Gasteiger partial charge >= 0.3 is 0 Å². The van der Waals surface area contributed by atoms with Gasteiger partial charge in [-0.2, -0.15) is 8.42 Å². The van der Waals surface area contributed by atoms with E-state index >= 15 is 0 Å². The molecule has 0 aliphatic carbocycles. The molecule has 0 fully saturated rings. The van der Waals surface area contributed by atoms with Gasteiger partial charge < -0.3 is 5.73 Å². The Balaban J connectivity index is 4.43. The van der Waals surface area contributed by atoms with Crippen molar-refractivity contribution in [3.05, 3.63) is 12.2 Å². The van der Waals surface area contributed by atoms with Crippen LogP contribution in [0.3, 0.4) is 0 Å². The fourth-order valence-corrected chi connectivity index (χ4v) is 0.966. The van der Waals surface area contributed by atoms with Gasteiger partial charge in [-0.1, -0.05) is 6.08 Å². The highest BCUT2D eigenvalue weighted by Crippen LogP contribution is 1.97. The van der Waals surface area contributed by atoms with Gasteiger partial charge in [0.1, 0.15) is 5.25 Å². The molecular weight excluding hydrogens is 170 g/mol. The molecule has 3 N–H and O–H groups in total. The zero-order valence-corrected chi connectivity index (χ0v) is 6.41. The minimum atomic E-state index is -4.18. The zero-order valence-electron chi connectivity index (χ0n) is 5.60. The number of carbonyl (C=O) groups excluding carboxylic acids is 1. The second-order valence-electron chi connectivity index (χ2n) is 1.77. The first-order valence-electron chi connectivity index (χ1n) is 2.73. The lowest BCUT2D eigenvalue weighted by Gasteiger charge is -2.03. The Kier molecular flexibility index (Phi) is 3.94. The van der Waals surface area contributed by atoms with Crippen molar-refractivity contribution in [2.75, 3.05) is 6.54 Å². The van der Waals surface area contributed by atoms with E-state index in [0.717, 1.165) is 12.2 Å². The predicted octanol–water partition coefficient (Wildman–Crippen LogP) is -1.13. The van der Waals surface area contributed by atoms with E-state index < -0.39 is 15.4 Å². The van der Waals surface area contributed by atoms with Crippen LogP contribution < -0.4 is 5.73 Å². The molecule has 1 radical (unpaired) electrons. The zero-order chi connectivity index (χ0) is 8.91. The van der Waals surface area contributed by atoms with Crippen LogP contribution in [0.2, 0.25) is 0 Å². The van der Waals surface area contributed by atoms with Crippen molar-refractivity contribution in [3.8, 4) is 0 Å². The number of allylic oxidation sites excluding steroid dienone is 1.